The number of nitrogens with zero attached hydrogens (tertiary/aromatic N) is 2. The zero-order valence-corrected chi connectivity index (χ0v) is 6.41. The van der Waals surface area contributed by atoms with Crippen LogP contribution in [0.4, 0.5) is 5.69 Å². The fraction of sp³-hybridized carbons (Fsp3) is 0. The Kier molecular flexibility index (Phi) is 1.96. The Bertz CT molecular complexity index is 307. The van der Waals surface area contributed by atoms with Gasteiger partial charge >= 0.3 is 0 Å². The molecule has 0 radical (unpaired) electrons. The maximum Gasteiger partial charge on any atom is 0.260 e. The summed E-state index contributed by atoms with van der Waals surface area (Å²) in [5.74, 6) is 0. The average Bonchev–Trinajstić information content (AvgIpc) is 1.95. The van der Waals surface area contributed by atoms with Crippen LogP contribution in [0.25, 0.3) is 0 Å². The molecule has 0 aromatic carbocycles. The van der Waals surface area contributed by atoms with E-state index in [9.17, 15) is 9.70 Å². The van der Waals surface area contributed by atoms with Gasteiger partial charge in [-0.2, -0.15) is 0 Å². The van der Waals surface area contributed by atoms with E-state index in [1.165, 1.54) is 18.3 Å². The predicted octanol–water partition coefficient (Wildman–Crippen LogP) is 1.40. The van der Waals surface area contributed by atoms with Crippen LogP contribution in [-0.4, -0.2) is 3.59 Å². The average molecular weight is 203 g/mol. The van der Waals surface area contributed by atoms with Crippen molar-refractivity contribution in [3.63, 3.8) is 0 Å². The highest BCUT2D eigenvalue weighted by molar-refractivity contribution is 9.08. The molecular weight excluding hydrogens is 200 g/mol. The fourth-order valence-electron chi connectivity index (χ4n) is 0.505. The zero-order valence-electron chi connectivity index (χ0n) is 4.82. The van der Waals surface area contributed by atoms with Gasteiger partial charge in [0.15, 0.2) is 0 Å². The van der Waals surface area contributed by atoms with Crippen molar-refractivity contribution in [3.05, 3.63) is 33.6 Å². The minimum atomic E-state index is -0.229. The number of pyridine rings is 1. The third kappa shape index (κ3) is 1.30. The summed E-state index contributed by atoms with van der Waals surface area (Å²) in [5, 5.41) is 2.63. The Balaban J connectivity index is 3.29. The van der Waals surface area contributed by atoms with Crippen LogP contribution in [0.3, 0.4) is 0 Å². The first-order chi connectivity index (χ1) is 4.74. The van der Waals surface area contributed by atoms with Gasteiger partial charge in [0, 0.05) is 12.3 Å². The van der Waals surface area contributed by atoms with Crippen LogP contribution in [0.5, 0.6) is 0 Å². The van der Waals surface area contributed by atoms with Crippen LogP contribution >= 0.6 is 16.1 Å². The second-order valence-corrected chi connectivity index (χ2v) is 2.39. The molecule has 1 aromatic heterocycles. The molecule has 0 amide bonds. The van der Waals surface area contributed by atoms with Crippen molar-refractivity contribution in [1.29, 1.82) is 0 Å². The van der Waals surface area contributed by atoms with Gasteiger partial charge in [-0.05, 0) is 11.2 Å². The van der Waals surface area contributed by atoms with Crippen molar-refractivity contribution >= 4 is 21.8 Å². The van der Waals surface area contributed by atoms with Crippen molar-refractivity contribution in [1.82, 2.24) is 3.59 Å². The summed E-state index contributed by atoms with van der Waals surface area (Å²) < 4.78 is 1.11. The molecule has 0 bridgehead atoms. The Morgan fingerprint density at radius 2 is 2.20 bits per heavy atom. The van der Waals surface area contributed by atoms with Crippen LogP contribution in [0.15, 0.2) is 28.3 Å². The van der Waals surface area contributed by atoms with E-state index < -0.39 is 0 Å². The molecule has 0 saturated heterocycles. The van der Waals surface area contributed by atoms with E-state index >= 15 is 0 Å². The highest BCUT2D eigenvalue weighted by atomic mass is 79.9. The minimum absolute atomic E-state index is 0.219. The maximum absolute atomic E-state index is 10.7. The van der Waals surface area contributed by atoms with Crippen LogP contribution in [0, 0.1) is 4.91 Å². The van der Waals surface area contributed by atoms with Crippen molar-refractivity contribution in [2.45, 2.75) is 0 Å². The summed E-state index contributed by atoms with van der Waals surface area (Å²) in [4.78, 5) is 20.5. The van der Waals surface area contributed by atoms with Gasteiger partial charge in [0.1, 0.15) is 5.69 Å². The Morgan fingerprint density at radius 3 is 2.70 bits per heavy atom. The summed E-state index contributed by atoms with van der Waals surface area (Å²) in [6.07, 6.45) is 1.30. The topological polar surface area (TPSA) is 51.4 Å². The summed E-state index contributed by atoms with van der Waals surface area (Å²) in [6.45, 7) is 0. The maximum atomic E-state index is 10.7. The lowest BCUT2D eigenvalue weighted by Crippen LogP contribution is -2.07. The first-order valence-electron chi connectivity index (χ1n) is 2.46. The lowest BCUT2D eigenvalue weighted by Gasteiger charge is -1.90. The highest BCUT2D eigenvalue weighted by Crippen LogP contribution is 2.07. The molecule has 0 aliphatic rings. The molecule has 10 heavy (non-hydrogen) atoms. The second-order valence-electron chi connectivity index (χ2n) is 1.63. The zero-order chi connectivity index (χ0) is 7.56. The molecule has 0 aliphatic carbocycles. The summed E-state index contributed by atoms with van der Waals surface area (Å²) in [7, 11) is 0. The molecule has 0 aliphatic heterocycles. The SMILES string of the molecule is O=Nc1ccc(=O)n(Br)c1. The fourth-order valence-corrected chi connectivity index (χ4v) is 0.833. The van der Waals surface area contributed by atoms with E-state index in [2.05, 4.69) is 21.3 Å². The molecule has 1 aromatic rings. The quantitative estimate of drug-likeness (QED) is 0.647. The first-order valence-corrected chi connectivity index (χ1v) is 3.17. The van der Waals surface area contributed by atoms with Crippen molar-refractivity contribution in [3.8, 4) is 0 Å². The molecule has 0 fully saturated rings. The number of nitroso groups, excluding NO2 is 1. The van der Waals surface area contributed by atoms with Gasteiger partial charge in [-0.15, -0.1) is 4.91 Å². The summed E-state index contributed by atoms with van der Waals surface area (Å²) in [6, 6.07) is 2.61. The van der Waals surface area contributed by atoms with Gasteiger partial charge < -0.3 is 0 Å². The summed E-state index contributed by atoms with van der Waals surface area (Å²) >= 11 is 2.89. The third-order valence-corrected chi connectivity index (χ3v) is 1.51. The van der Waals surface area contributed by atoms with Gasteiger partial charge in [0.25, 0.3) is 5.56 Å². The van der Waals surface area contributed by atoms with Gasteiger partial charge in [-0.3, -0.25) is 4.79 Å². The smallest absolute Gasteiger partial charge is 0.260 e. The highest BCUT2D eigenvalue weighted by Gasteiger charge is 1.93. The van der Waals surface area contributed by atoms with Gasteiger partial charge in [-0.1, -0.05) is 0 Å². The molecule has 1 heterocycles. The molecule has 1 rings (SSSR count). The molecule has 0 unspecified atom stereocenters. The second kappa shape index (κ2) is 2.74. The lowest BCUT2D eigenvalue weighted by atomic mass is 10.4. The van der Waals surface area contributed by atoms with Crippen LogP contribution in [-0.2, 0) is 0 Å². The van der Waals surface area contributed by atoms with E-state index in [1.54, 1.807) is 0 Å². The van der Waals surface area contributed by atoms with Crippen LogP contribution in [0.2, 0.25) is 0 Å². The van der Waals surface area contributed by atoms with Crippen molar-refractivity contribution in [2.24, 2.45) is 5.18 Å². The van der Waals surface area contributed by atoms with Gasteiger partial charge in [0.05, 0.1) is 16.1 Å². The lowest BCUT2D eigenvalue weighted by molar-refractivity contribution is 1.16. The number of rotatable bonds is 1. The normalized spacial score (nSPS) is 9.30. The van der Waals surface area contributed by atoms with E-state index in [0.717, 1.165) is 3.59 Å². The molecule has 52 valence electrons. The molecule has 4 nitrogen and oxygen atoms in total. The Morgan fingerprint density at radius 1 is 1.50 bits per heavy atom. The molecule has 5 heteroatoms. The van der Waals surface area contributed by atoms with Crippen molar-refractivity contribution in [2.75, 3.05) is 0 Å². The molecular formula is C5H3BrN2O2. The molecule has 0 saturated carbocycles. The molecule has 0 spiro atoms. The van der Waals surface area contributed by atoms with Crippen molar-refractivity contribution < 1.29 is 0 Å². The minimum Gasteiger partial charge on any atom is -0.268 e. The van der Waals surface area contributed by atoms with E-state index in [0.29, 0.717) is 0 Å². The summed E-state index contributed by atoms with van der Waals surface area (Å²) in [5.41, 5.74) is -0.0103. The largest absolute Gasteiger partial charge is 0.268 e. The van der Waals surface area contributed by atoms with Gasteiger partial charge in [0.2, 0.25) is 0 Å². The van der Waals surface area contributed by atoms with E-state index in [-0.39, 0.29) is 11.2 Å². The predicted molar refractivity (Wildman–Crippen MR) is 40.5 cm³/mol. The molecule has 0 N–H and O–H groups in total. The number of hydrogen-bond acceptors (Lipinski definition) is 3. The van der Waals surface area contributed by atoms with Crippen LogP contribution < -0.4 is 5.56 Å². The number of hydrogen-bond donors (Lipinski definition) is 0. The van der Waals surface area contributed by atoms with E-state index in [4.69, 9.17) is 0 Å². The van der Waals surface area contributed by atoms with E-state index in [1.807, 2.05) is 0 Å². The third-order valence-electron chi connectivity index (χ3n) is 0.958. The standard InChI is InChI=1S/C5H3BrN2O2/c6-8-3-4(7-10)1-2-5(8)9/h1-3H. The Hall–Kier alpha value is -0.970. The molecule has 0 atom stereocenters. The Labute approximate surface area is 64.8 Å². The number of halogens is 1. The first kappa shape index (κ1) is 7.14. The van der Waals surface area contributed by atoms with Crippen LogP contribution in [0.1, 0.15) is 0 Å². The monoisotopic (exact) mass is 202 g/mol. The van der Waals surface area contributed by atoms with Gasteiger partial charge in [-0.25, -0.2) is 3.59 Å². The number of aromatic nitrogens is 1.